The van der Waals surface area contributed by atoms with Gasteiger partial charge in [-0.25, -0.2) is 29.9 Å². The number of carbonyl (C=O) groups excluding carboxylic acids is 2. The lowest BCUT2D eigenvalue weighted by molar-refractivity contribution is -0.145. The summed E-state index contributed by atoms with van der Waals surface area (Å²) < 4.78 is 65.1. The lowest BCUT2D eigenvalue weighted by Crippen LogP contribution is -2.66. The molecule has 4 aliphatic heterocycles. The molecule has 0 aliphatic carbocycles. The number of hydrogen-bond donors (Lipinski definition) is 1. The van der Waals surface area contributed by atoms with Crippen molar-refractivity contribution in [3.63, 3.8) is 0 Å². The van der Waals surface area contributed by atoms with Crippen molar-refractivity contribution in [3.8, 4) is 34.7 Å². The molecule has 11 rings (SSSR count). The molecular formula is C59H77F3N18O5Si2. The fourth-order valence-electron chi connectivity index (χ4n) is 11.8. The maximum Gasteiger partial charge on any atom is 0.451 e. The zero-order valence-corrected chi connectivity index (χ0v) is 52.6. The predicted octanol–water partition coefficient (Wildman–Crippen LogP) is 7.99. The van der Waals surface area contributed by atoms with Crippen molar-refractivity contribution in [2.75, 3.05) is 65.6 Å². The first-order chi connectivity index (χ1) is 41.5. The molecule has 11 heterocycles. The molecule has 0 spiro atoms. The molecule has 28 heteroatoms. The van der Waals surface area contributed by atoms with Crippen molar-refractivity contribution < 1.29 is 37.0 Å². The van der Waals surface area contributed by atoms with Crippen molar-refractivity contribution >= 4 is 50.1 Å². The number of hydrogen-bond acceptors (Lipinski definition) is 18. The van der Waals surface area contributed by atoms with Crippen LogP contribution in [0.25, 0.3) is 44.6 Å². The van der Waals surface area contributed by atoms with Gasteiger partial charge in [0.15, 0.2) is 0 Å². The number of aromatic nitrogens is 12. The Balaban J connectivity index is 0.000000208. The molecule has 87 heavy (non-hydrogen) atoms. The van der Waals surface area contributed by atoms with E-state index in [9.17, 15) is 33.3 Å². The van der Waals surface area contributed by atoms with E-state index >= 15 is 0 Å². The maximum absolute atomic E-state index is 13.5. The first-order valence-electron chi connectivity index (χ1n) is 29.7. The average Bonchev–Trinajstić information content (AvgIpc) is 2.63. The number of halogens is 3. The van der Waals surface area contributed by atoms with E-state index in [0.29, 0.717) is 71.6 Å². The van der Waals surface area contributed by atoms with Gasteiger partial charge in [0.2, 0.25) is 5.82 Å². The van der Waals surface area contributed by atoms with E-state index in [1.807, 2.05) is 49.4 Å². The summed E-state index contributed by atoms with van der Waals surface area (Å²) in [5, 5.41) is 34.1. The van der Waals surface area contributed by atoms with Crippen molar-refractivity contribution in [1.29, 1.82) is 10.5 Å². The Bertz CT molecular complexity index is 3630. The van der Waals surface area contributed by atoms with E-state index in [1.165, 1.54) is 24.1 Å². The summed E-state index contributed by atoms with van der Waals surface area (Å²) in [5.74, 6) is -2.80. The molecule has 0 aromatic carbocycles. The maximum atomic E-state index is 13.5. The molecule has 1 amide bonds. The molecule has 7 aromatic heterocycles. The molecule has 0 atom stereocenters. The number of carbonyl (C=O) groups is 2. The number of ether oxygens (including phenoxy) is 3. The molecule has 0 unspecified atom stereocenters. The molecule has 7 aromatic rings. The summed E-state index contributed by atoms with van der Waals surface area (Å²) >= 11 is 0. The minimum atomic E-state index is -4.88. The van der Waals surface area contributed by atoms with Gasteiger partial charge < -0.3 is 33.6 Å². The third-order valence-electron chi connectivity index (χ3n) is 16.8. The minimum absolute atomic E-state index is 0.107. The van der Waals surface area contributed by atoms with Gasteiger partial charge in [-0.15, -0.1) is 0 Å². The Morgan fingerprint density at radius 1 is 0.713 bits per heavy atom. The highest BCUT2D eigenvalue weighted by Gasteiger charge is 2.50. The number of nitrogens with one attached hydrogen (secondary N) is 1. The van der Waals surface area contributed by atoms with E-state index in [1.54, 1.807) is 12.5 Å². The van der Waals surface area contributed by atoms with Crippen LogP contribution in [0.2, 0.25) is 51.4 Å². The van der Waals surface area contributed by atoms with Crippen LogP contribution in [0.15, 0.2) is 68.0 Å². The number of nitrogens with zero attached hydrogens (tertiary/aromatic N) is 17. The van der Waals surface area contributed by atoms with Crippen LogP contribution in [0.4, 0.5) is 13.2 Å². The fraction of sp³-hybridized carbons (Fsp3) is 0.559. The number of piperidine rings is 2. The molecule has 0 bridgehead atoms. The van der Waals surface area contributed by atoms with Gasteiger partial charge in [0.05, 0.1) is 54.5 Å². The number of fused-ring (bicyclic) bond motifs is 2. The topological polar surface area (TPSA) is 254 Å². The quantitative estimate of drug-likeness (QED) is 0.0406. The van der Waals surface area contributed by atoms with E-state index in [-0.39, 0.29) is 23.7 Å². The summed E-state index contributed by atoms with van der Waals surface area (Å²) in [5.41, 5.74) is 3.56. The van der Waals surface area contributed by atoms with Gasteiger partial charge in [-0.1, -0.05) is 39.3 Å². The van der Waals surface area contributed by atoms with Gasteiger partial charge in [0, 0.05) is 134 Å². The first-order valence-corrected chi connectivity index (χ1v) is 37.1. The molecule has 4 saturated heterocycles. The van der Waals surface area contributed by atoms with Gasteiger partial charge in [-0.05, 0) is 69.1 Å². The number of amides is 1. The number of alkyl halides is 3. The Kier molecular flexibility index (Phi) is 18.9. The monoisotopic (exact) mass is 1230 g/mol. The third kappa shape index (κ3) is 14.7. The van der Waals surface area contributed by atoms with Crippen LogP contribution in [0.5, 0.6) is 0 Å². The van der Waals surface area contributed by atoms with E-state index in [4.69, 9.17) is 19.3 Å². The van der Waals surface area contributed by atoms with Crippen LogP contribution in [0.1, 0.15) is 67.5 Å². The molecule has 23 nitrogen and oxygen atoms in total. The first kappa shape index (κ1) is 62.7. The minimum Gasteiger partial charge on any atom is -0.459 e. The Morgan fingerprint density at radius 2 is 1.20 bits per heavy atom. The highest BCUT2D eigenvalue weighted by Crippen LogP contribution is 2.39. The van der Waals surface area contributed by atoms with Gasteiger partial charge in [-0.2, -0.15) is 33.9 Å². The van der Waals surface area contributed by atoms with Gasteiger partial charge >= 0.3 is 12.1 Å². The van der Waals surface area contributed by atoms with E-state index in [2.05, 4.69) is 114 Å². The lowest BCUT2D eigenvalue weighted by Gasteiger charge is -2.53. The number of esters is 1. The molecule has 0 saturated carbocycles. The van der Waals surface area contributed by atoms with Crippen molar-refractivity contribution in [2.45, 2.75) is 146 Å². The summed E-state index contributed by atoms with van der Waals surface area (Å²) in [4.78, 5) is 55.9. The van der Waals surface area contributed by atoms with E-state index < -0.39 is 57.9 Å². The Labute approximate surface area is 505 Å². The molecule has 4 aliphatic rings. The molecule has 4 fully saturated rings. The van der Waals surface area contributed by atoms with Gasteiger partial charge in [-0.3, -0.25) is 28.8 Å². The Hall–Kier alpha value is -7.32. The number of nitriles is 2. The van der Waals surface area contributed by atoms with Crippen LogP contribution >= 0.6 is 0 Å². The predicted molar refractivity (Wildman–Crippen MR) is 323 cm³/mol. The van der Waals surface area contributed by atoms with Crippen LogP contribution in [-0.2, 0) is 56.3 Å². The number of likely N-dealkylation sites (tertiary alicyclic amines) is 3. The standard InChI is InChI=1S/C34H41F3N10O4Si.C25H36N8OSi/c1-23(48)51-18-25-15-28(43-32(42-25)34(35,36)37)31(49)44-10-5-26(6-11-44)46-19-33(20-46,8-9-38)47-17-24(16-41-47)29-27-7-12-45(30(27)40-21-39-29)22-50-13-14-52(2,3)4;1-35(2,3)13-12-34-19-31-11-6-22-23(28-18-29-24(22)31)20-14-30-33(15-20)25(7-8-26)16-32(17-25)21-4-9-27-10-5-21/h7,12,15-17,21,26H,5-6,8,10-11,13-14,18-20,22H2,1-4H3;6,11,14-15,18,21,27H,4-5,7,9-10,12-13,16-17,19H2,1-3H3. The SMILES string of the molecule is CC(=O)OCc1cc(C(=O)N2CCC(N3CC(CC#N)(n4cc(-c5ncnc6c5ccn6COCC[Si](C)(C)C)cn4)C3)CC2)nc(C(F)(F)F)n1.C[Si](C)(C)CCOCn1ccc2c(-c3cnn(C4(CC#N)CN(C5CCNCC5)C4)c3)ncnc21. The van der Waals surface area contributed by atoms with Crippen LogP contribution in [0.3, 0.4) is 0 Å². The zero-order chi connectivity index (χ0) is 61.7. The summed E-state index contributed by atoms with van der Waals surface area (Å²) in [6.07, 6.45) is 14.1. The normalized spacial score (nSPS) is 17.7. The largest absolute Gasteiger partial charge is 0.459 e. The lowest BCUT2D eigenvalue weighted by atomic mass is 9.83. The van der Waals surface area contributed by atoms with Crippen molar-refractivity contribution in [1.82, 2.24) is 78.6 Å². The number of rotatable bonds is 21. The van der Waals surface area contributed by atoms with E-state index in [0.717, 1.165) is 102 Å². The van der Waals surface area contributed by atoms with Crippen LogP contribution in [-0.4, -0.2) is 179 Å². The highest BCUT2D eigenvalue weighted by atomic mass is 28.3. The summed E-state index contributed by atoms with van der Waals surface area (Å²) in [6.45, 7) is 22.7. The smallest absolute Gasteiger partial charge is 0.451 e. The van der Waals surface area contributed by atoms with Gasteiger partial charge in [0.25, 0.3) is 5.91 Å². The molecule has 462 valence electrons. The van der Waals surface area contributed by atoms with Crippen molar-refractivity contribution in [2.24, 2.45) is 0 Å². The zero-order valence-electron chi connectivity index (χ0n) is 50.6. The van der Waals surface area contributed by atoms with Crippen molar-refractivity contribution in [3.05, 3.63) is 85.2 Å². The fourth-order valence-corrected chi connectivity index (χ4v) is 13.3. The molecule has 1 N–H and O–H groups in total. The third-order valence-corrected chi connectivity index (χ3v) is 20.2. The second kappa shape index (κ2) is 26.2. The van der Waals surface area contributed by atoms with Crippen LogP contribution in [0, 0.1) is 22.7 Å². The Morgan fingerprint density at radius 3 is 1.64 bits per heavy atom. The summed E-state index contributed by atoms with van der Waals surface area (Å²) in [7, 11) is -2.31. The average molecular weight is 1230 g/mol. The second-order valence-corrected chi connectivity index (χ2v) is 37.1. The molecular weight excluding hydrogens is 1150 g/mol. The van der Waals surface area contributed by atoms with Crippen LogP contribution < -0.4 is 5.32 Å². The molecule has 0 radical (unpaired) electrons. The summed E-state index contributed by atoms with van der Waals surface area (Å²) in [6, 6.07) is 12.8. The highest BCUT2D eigenvalue weighted by molar-refractivity contribution is 6.76. The second-order valence-electron chi connectivity index (χ2n) is 25.8. The van der Waals surface area contributed by atoms with Gasteiger partial charge in [0.1, 0.15) is 60.8 Å².